The number of unbranched alkanes of at least 4 members (excludes halogenated alkanes) is 13. The van der Waals surface area contributed by atoms with E-state index in [1.807, 2.05) is 0 Å². The molecule has 6 N–H and O–H groups in total. The van der Waals surface area contributed by atoms with Crippen LogP contribution >= 0.6 is 0 Å². The van der Waals surface area contributed by atoms with Crippen LogP contribution in [0.5, 0.6) is 0 Å². The first-order chi connectivity index (χ1) is 22.8. The first-order valence-corrected chi connectivity index (χ1v) is 18.7. The lowest BCUT2D eigenvalue weighted by atomic mass is 9.99. The number of ether oxygens (including phenoxy) is 2. The molecule has 1 aliphatic heterocycles. The molecule has 7 unspecified atom stereocenters. The molecule has 9 heteroatoms. The zero-order valence-electron chi connectivity index (χ0n) is 29.5. The van der Waals surface area contributed by atoms with Crippen LogP contribution in [0.4, 0.5) is 0 Å². The van der Waals surface area contributed by atoms with Crippen molar-refractivity contribution in [2.24, 2.45) is 0 Å². The number of hydrogen-bond donors (Lipinski definition) is 6. The van der Waals surface area contributed by atoms with Gasteiger partial charge in [0.05, 0.1) is 25.4 Å². The number of nitrogens with one attached hydrogen (secondary N) is 1. The monoisotopic (exact) mass is 668 g/mol. The lowest BCUT2D eigenvalue weighted by Crippen LogP contribution is -2.60. The highest BCUT2D eigenvalue weighted by Crippen LogP contribution is 2.23. The van der Waals surface area contributed by atoms with Crippen LogP contribution in [-0.4, -0.2) is 87.5 Å². The molecule has 0 aliphatic carbocycles. The maximum atomic E-state index is 12.8. The third-order valence-corrected chi connectivity index (χ3v) is 8.76. The Balaban J connectivity index is 2.36. The van der Waals surface area contributed by atoms with Crippen LogP contribution in [0, 0.1) is 0 Å². The average molecular weight is 668 g/mol. The summed E-state index contributed by atoms with van der Waals surface area (Å²) in [5, 5.41) is 53.8. The molecule has 274 valence electrons. The molecule has 0 aromatic heterocycles. The minimum Gasteiger partial charge on any atom is -0.394 e. The lowest BCUT2D eigenvalue weighted by Gasteiger charge is -2.40. The van der Waals surface area contributed by atoms with Crippen molar-refractivity contribution in [1.82, 2.24) is 5.32 Å². The van der Waals surface area contributed by atoms with Gasteiger partial charge >= 0.3 is 0 Å². The SMILES string of the molecule is CC/C=C\C/C=C\C/C=C\CCCCCCCCCC(=O)NC(COC1OC(CO)C(O)C(O)C1O)C(O)CCCCCCCCC. The van der Waals surface area contributed by atoms with Gasteiger partial charge < -0.3 is 40.3 Å². The first-order valence-electron chi connectivity index (χ1n) is 18.7. The molecule has 0 radical (unpaired) electrons. The molecule has 1 rings (SSSR count). The van der Waals surface area contributed by atoms with Gasteiger partial charge in [0, 0.05) is 6.42 Å². The first kappa shape index (κ1) is 43.4. The standard InChI is InChI=1S/C38H69NO8/c1-3-5-7-9-11-12-13-14-15-16-17-18-19-20-22-24-26-28-34(42)39-31(32(41)27-25-23-21-10-8-6-4-2)30-46-38-37(45)36(44)35(43)33(29-40)47-38/h5,7,11-12,14-15,31-33,35-38,40-41,43-45H,3-4,6,8-10,13,16-30H2,1-2H3,(H,39,42)/b7-5-,12-11-,15-14-. The zero-order valence-corrected chi connectivity index (χ0v) is 29.5. The van der Waals surface area contributed by atoms with Gasteiger partial charge in [-0.15, -0.1) is 0 Å². The van der Waals surface area contributed by atoms with Gasteiger partial charge in [-0.1, -0.05) is 127 Å². The van der Waals surface area contributed by atoms with Gasteiger partial charge in [0.15, 0.2) is 6.29 Å². The van der Waals surface area contributed by atoms with Crippen LogP contribution in [0.3, 0.4) is 0 Å². The molecule has 0 spiro atoms. The summed E-state index contributed by atoms with van der Waals surface area (Å²) in [5.74, 6) is -0.162. The van der Waals surface area contributed by atoms with E-state index in [0.29, 0.717) is 12.8 Å². The Morgan fingerprint density at radius 2 is 1.32 bits per heavy atom. The molecule has 0 bridgehead atoms. The topological polar surface area (TPSA) is 149 Å². The van der Waals surface area contributed by atoms with E-state index in [1.54, 1.807) is 0 Å². The fraction of sp³-hybridized carbons (Fsp3) is 0.816. The van der Waals surface area contributed by atoms with Crippen molar-refractivity contribution in [2.45, 2.75) is 185 Å². The van der Waals surface area contributed by atoms with Crippen molar-refractivity contribution < 1.29 is 39.8 Å². The van der Waals surface area contributed by atoms with Gasteiger partial charge in [-0.2, -0.15) is 0 Å². The number of allylic oxidation sites excluding steroid dienone is 6. The Morgan fingerprint density at radius 3 is 1.96 bits per heavy atom. The summed E-state index contributed by atoms with van der Waals surface area (Å²) in [7, 11) is 0. The molecule has 0 saturated carbocycles. The summed E-state index contributed by atoms with van der Waals surface area (Å²) in [6.07, 6.45) is 26.0. The second-order valence-electron chi connectivity index (χ2n) is 13.0. The molecule has 1 fully saturated rings. The van der Waals surface area contributed by atoms with Crippen molar-refractivity contribution in [3.8, 4) is 0 Å². The van der Waals surface area contributed by atoms with Gasteiger partial charge in [0.25, 0.3) is 0 Å². The molecule has 1 amide bonds. The molecule has 1 heterocycles. The Labute approximate surface area is 285 Å². The Bertz CT molecular complexity index is 833. The summed E-state index contributed by atoms with van der Waals surface area (Å²) in [6.45, 7) is 3.63. The van der Waals surface area contributed by atoms with Gasteiger partial charge in [-0.3, -0.25) is 4.79 Å². The summed E-state index contributed by atoms with van der Waals surface area (Å²) >= 11 is 0. The number of hydrogen-bond acceptors (Lipinski definition) is 8. The lowest BCUT2D eigenvalue weighted by molar-refractivity contribution is -0.302. The smallest absolute Gasteiger partial charge is 0.220 e. The van der Waals surface area contributed by atoms with E-state index < -0.39 is 49.5 Å². The number of aliphatic hydroxyl groups is 5. The van der Waals surface area contributed by atoms with Crippen LogP contribution in [0.25, 0.3) is 0 Å². The summed E-state index contributed by atoms with van der Waals surface area (Å²) < 4.78 is 11.1. The largest absolute Gasteiger partial charge is 0.394 e. The number of carbonyl (C=O) groups excluding carboxylic acids is 1. The van der Waals surface area contributed by atoms with E-state index in [1.165, 1.54) is 44.9 Å². The molecule has 1 saturated heterocycles. The number of aliphatic hydroxyl groups excluding tert-OH is 5. The van der Waals surface area contributed by atoms with E-state index in [4.69, 9.17) is 9.47 Å². The van der Waals surface area contributed by atoms with Gasteiger partial charge in [0.2, 0.25) is 5.91 Å². The number of carbonyl (C=O) groups is 1. The molecular weight excluding hydrogens is 598 g/mol. The van der Waals surface area contributed by atoms with Crippen molar-refractivity contribution in [3.63, 3.8) is 0 Å². The highest BCUT2D eigenvalue weighted by molar-refractivity contribution is 5.76. The Morgan fingerprint density at radius 1 is 0.745 bits per heavy atom. The molecule has 0 aromatic rings. The van der Waals surface area contributed by atoms with Crippen LogP contribution < -0.4 is 5.32 Å². The van der Waals surface area contributed by atoms with E-state index in [2.05, 4.69) is 55.6 Å². The van der Waals surface area contributed by atoms with Crippen LogP contribution in [-0.2, 0) is 14.3 Å². The van der Waals surface area contributed by atoms with Gasteiger partial charge in [-0.05, 0) is 44.9 Å². The van der Waals surface area contributed by atoms with Crippen molar-refractivity contribution >= 4 is 5.91 Å². The van der Waals surface area contributed by atoms with Crippen LogP contribution in [0.2, 0.25) is 0 Å². The normalized spacial score (nSPS) is 23.3. The quantitative estimate of drug-likeness (QED) is 0.0411. The zero-order chi connectivity index (χ0) is 34.5. The predicted molar refractivity (Wildman–Crippen MR) is 189 cm³/mol. The van der Waals surface area contributed by atoms with Gasteiger partial charge in [-0.25, -0.2) is 0 Å². The molecule has 0 aromatic carbocycles. The highest BCUT2D eigenvalue weighted by Gasteiger charge is 2.44. The fourth-order valence-corrected chi connectivity index (χ4v) is 5.70. The molecule has 7 atom stereocenters. The van der Waals surface area contributed by atoms with E-state index in [-0.39, 0.29) is 12.5 Å². The van der Waals surface area contributed by atoms with E-state index >= 15 is 0 Å². The second-order valence-corrected chi connectivity index (χ2v) is 13.0. The minimum absolute atomic E-state index is 0.144. The van der Waals surface area contributed by atoms with Crippen LogP contribution in [0.15, 0.2) is 36.5 Å². The third-order valence-electron chi connectivity index (χ3n) is 8.76. The number of rotatable bonds is 29. The van der Waals surface area contributed by atoms with Crippen molar-refractivity contribution in [3.05, 3.63) is 36.5 Å². The van der Waals surface area contributed by atoms with E-state index in [0.717, 1.165) is 70.6 Å². The van der Waals surface area contributed by atoms with Crippen molar-refractivity contribution in [1.29, 1.82) is 0 Å². The maximum absolute atomic E-state index is 12.8. The van der Waals surface area contributed by atoms with Gasteiger partial charge in [0.1, 0.15) is 24.4 Å². The summed E-state index contributed by atoms with van der Waals surface area (Å²) in [4.78, 5) is 12.8. The summed E-state index contributed by atoms with van der Waals surface area (Å²) in [6, 6.07) is -0.719. The minimum atomic E-state index is -1.55. The number of amides is 1. The fourth-order valence-electron chi connectivity index (χ4n) is 5.70. The molecule has 9 nitrogen and oxygen atoms in total. The Hall–Kier alpha value is -1.59. The van der Waals surface area contributed by atoms with Crippen LogP contribution in [0.1, 0.15) is 142 Å². The molecule has 1 aliphatic rings. The Kier molecular flexibility index (Phi) is 27.1. The average Bonchev–Trinajstić information content (AvgIpc) is 3.07. The van der Waals surface area contributed by atoms with E-state index in [9.17, 15) is 30.3 Å². The second kappa shape index (κ2) is 29.3. The van der Waals surface area contributed by atoms with Crippen molar-refractivity contribution in [2.75, 3.05) is 13.2 Å². The predicted octanol–water partition coefficient (Wildman–Crippen LogP) is 6.16. The maximum Gasteiger partial charge on any atom is 0.220 e. The highest BCUT2D eigenvalue weighted by atomic mass is 16.7. The summed E-state index contributed by atoms with van der Waals surface area (Å²) in [5.41, 5.74) is 0. The molecular formula is C38H69NO8. The molecule has 47 heavy (non-hydrogen) atoms. The third kappa shape index (κ3) is 21.2.